The fourth-order valence-electron chi connectivity index (χ4n) is 1.33. The zero-order chi connectivity index (χ0) is 10.3. The molecule has 0 aliphatic carbocycles. The van der Waals surface area contributed by atoms with E-state index < -0.39 is 0 Å². The Morgan fingerprint density at radius 3 is 2.71 bits per heavy atom. The third-order valence-electron chi connectivity index (χ3n) is 2.06. The highest BCUT2D eigenvalue weighted by molar-refractivity contribution is 6.35. The average Bonchev–Trinajstić information content (AvgIpc) is 2.14. The second-order valence-electron chi connectivity index (χ2n) is 3.23. The number of phenols is 1. The van der Waals surface area contributed by atoms with E-state index in [-0.39, 0.29) is 5.75 Å². The minimum Gasteiger partial charge on any atom is -0.505 e. The lowest BCUT2D eigenvalue weighted by Crippen LogP contribution is -1.90. The summed E-state index contributed by atoms with van der Waals surface area (Å²) in [7, 11) is 0. The number of hydrogen-bond acceptors (Lipinski definition) is 3. The molecule has 1 aromatic heterocycles. The maximum Gasteiger partial charge on any atom is 0.146 e. The fraction of sp³-hybridized carbons (Fsp3) is 0.200. The first-order valence-corrected chi connectivity index (χ1v) is 4.59. The first-order valence-electron chi connectivity index (χ1n) is 4.21. The van der Waals surface area contributed by atoms with Crippen molar-refractivity contribution in [3.8, 4) is 5.75 Å². The van der Waals surface area contributed by atoms with Crippen LogP contribution in [0.1, 0.15) is 11.3 Å². The Bertz CT molecular complexity index is 511. The van der Waals surface area contributed by atoms with Crippen molar-refractivity contribution in [2.45, 2.75) is 13.8 Å². The minimum absolute atomic E-state index is 0.153. The molecule has 72 valence electrons. The van der Waals surface area contributed by atoms with Gasteiger partial charge in [-0.25, -0.2) is 4.98 Å². The molecule has 0 aliphatic heterocycles. The summed E-state index contributed by atoms with van der Waals surface area (Å²) in [5.74, 6) is 0.153. The molecule has 14 heavy (non-hydrogen) atoms. The standard InChI is InChI=1S/C10H9ClN2O/c1-5-3-7(11)8-9(10(5)14)13-6(2)4-12-8/h3-4,14H,1-2H3. The lowest BCUT2D eigenvalue weighted by atomic mass is 10.2. The first-order chi connectivity index (χ1) is 6.59. The van der Waals surface area contributed by atoms with Crippen molar-refractivity contribution in [2.75, 3.05) is 0 Å². The van der Waals surface area contributed by atoms with Gasteiger partial charge in [0.2, 0.25) is 0 Å². The Labute approximate surface area is 86.4 Å². The summed E-state index contributed by atoms with van der Waals surface area (Å²) in [5, 5.41) is 10.3. The first kappa shape index (κ1) is 9.21. The zero-order valence-corrected chi connectivity index (χ0v) is 8.63. The number of phenolic OH excluding ortho intramolecular Hbond substituents is 1. The summed E-state index contributed by atoms with van der Waals surface area (Å²) >= 11 is 5.97. The van der Waals surface area contributed by atoms with Crippen molar-refractivity contribution < 1.29 is 5.11 Å². The lowest BCUT2D eigenvalue weighted by Gasteiger charge is -2.05. The van der Waals surface area contributed by atoms with Gasteiger partial charge in [-0.05, 0) is 25.5 Å². The summed E-state index contributed by atoms with van der Waals surface area (Å²) in [6, 6.07) is 1.68. The largest absolute Gasteiger partial charge is 0.505 e. The second kappa shape index (κ2) is 3.10. The van der Waals surface area contributed by atoms with Crippen LogP contribution in [0.25, 0.3) is 11.0 Å². The quantitative estimate of drug-likeness (QED) is 0.724. The predicted octanol–water partition coefficient (Wildman–Crippen LogP) is 2.61. The minimum atomic E-state index is 0.153. The molecule has 0 atom stereocenters. The average molecular weight is 209 g/mol. The third-order valence-corrected chi connectivity index (χ3v) is 2.35. The van der Waals surface area contributed by atoms with Crippen LogP contribution in [-0.4, -0.2) is 15.1 Å². The Hall–Kier alpha value is -1.35. The van der Waals surface area contributed by atoms with E-state index in [1.54, 1.807) is 19.2 Å². The SMILES string of the molecule is Cc1cnc2c(Cl)cc(C)c(O)c2n1. The van der Waals surface area contributed by atoms with Gasteiger partial charge in [-0.3, -0.25) is 4.98 Å². The van der Waals surface area contributed by atoms with Crippen LogP contribution in [0.5, 0.6) is 5.75 Å². The van der Waals surface area contributed by atoms with Crippen molar-refractivity contribution in [1.82, 2.24) is 9.97 Å². The van der Waals surface area contributed by atoms with Crippen LogP contribution in [0.4, 0.5) is 0 Å². The van der Waals surface area contributed by atoms with Gasteiger partial charge < -0.3 is 5.11 Å². The zero-order valence-electron chi connectivity index (χ0n) is 7.87. The number of benzene rings is 1. The van der Waals surface area contributed by atoms with Gasteiger partial charge >= 0.3 is 0 Å². The second-order valence-corrected chi connectivity index (χ2v) is 3.64. The van der Waals surface area contributed by atoms with E-state index in [0.717, 1.165) is 5.69 Å². The highest BCUT2D eigenvalue weighted by Crippen LogP contribution is 2.31. The number of fused-ring (bicyclic) bond motifs is 1. The van der Waals surface area contributed by atoms with Crippen molar-refractivity contribution in [3.05, 3.63) is 28.5 Å². The molecule has 0 aliphatic rings. The maximum atomic E-state index is 9.75. The summed E-state index contributed by atoms with van der Waals surface area (Å²) < 4.78 is 0. The van der Waals surface area contributed by atoms with Crippen molar-refractivity contribution in [3.63, 3.8) is 0 Å². The van der Waals surface area contributed by atoms with Gasteiger partial charge in [-0.2, -0.15) is 0 Å². The summed E-state index contributed by atoms with van der Waals surface area (Å²) in [5.41, 5.74) is 2.48. The van der Waals surface area contributed by atoms with Gasteiger partial charge in [-0.1, -0.05) is 11.6 Å². The molecular formula is C10H9ClN2O. The molecule has 0 unspecified atom stereocenters. The summed E-state index contributed by atoms with van der Waals surface area (Å²) in [6.45, 7) is 3.60. The number of nitrogens with zero attached hydrogens (tertiary/aromatic N) is 2. The molecule has 0 fully saturated rings. The Morgan fingerprint density at radius 1 is 1.29 bits per heavy atom. The smallest absolute Gasteiger partial charge is 0.146 e. The highest BCUT2D eigenvalue weighted by Gasteiger charge is 2.09. The van der Waals surface area contributed by atoms with Crippen molar-refractivity contribution >= 4 is 22.6 Å². The van der Waals surface area contributed by atoms with E-state index in [1.165, 1.54) is 0 Å². The molecule has 4 heteroatoms. The van der Waals surface area contributed by atoms with Gasteiger partial charge in [0.05, 0.1) is 10.7 Å². The molecule has 2 rings (SSSR count). The molecule has 0 radical (unpaired) electrons. The van der Waals surface area contributed by atoms with Crippen LogP contribution in [0.15, 0.2) is 12.3 Å². The highest BCUT2D eigenvalue weighted by atomic mass is 35.5. The van der Waals surface area contributed by atoms with Crippen LogP contribution >= 0.6 is 11.6 Å². The maximum absolute atomic E-state index is 9.75. The van der Waals surface area contributed by atoms with Crippen LogP contribution in [0.3, 0.4) is 0 Å². The Balaban J connectivity index is 2.95. The number of halogens is 1. The summed E-state index contributed by atoms with van der Waals surface area (Å²) in [4.78, 5) is 8.33. The number of aryl methyl sites for hydroxylation is 2. The van der Waals surface area contributed by atoms with E-state index in [0.29, 0.717) is 21.6 Å². The fourth-order valence-corrected chi connectivity index (χ4v) is 1.63. The van der Waals surface area contributed by atoms with Gasteiger partial charge in [0.1, 0.15) is 16.8 Å². The van der Waals surface area contributed by atoms with Gasteiger partial charge in [0.15, 0.2) is 0 Å². The molecule has 0 amide bonds. The number of rotatable bonds is 0. The van der Waals surface area contributed by atoms with Crippen LogP contribution in [0.2, 0.25) is 5.02 Å². The number of aromatic hydroxyl groups is 1. The molecule has 1 aromatic carbocycles. The van der Waals surface area contributed by atoms with E-state index in [4.69, 9.17) is 11.6 Å². The van der Waals surface area contributed by atoms with Gasteiger partial charge in [0.25, 0.3) is 0 Å². The molecule has 0 saturated heterocycles. The van der Waals surface area contributed by atoms with Crippen LogP contribution < -0.4 is 0 Å². The number of aromatic nitrogens is 2. The van der Waals surface area contributed by atoms with Crippen LogP contribution in [0, 0.1) is 13.8 Å². The van der Waals surface area contributed by atoms with Gasteiger partial charge in [0, 0.05) is 6.20 Å². The molecule has 0 spiro atoms. The molecular weight excluding hydrogens is 200 g/mol. The lowest BCUT2D eigenvalue weighted by molar-refractivity contribution is 0.476. The molecule has 3 nitrogen and oxygen atoms in total. The van der Waals surface area contributed by atoms with Crippen LogP contribution in [-0.2, 0) is 0 Å². The topological polar surface area (TPSA) is 46.0 Å². The molecule has 1 N–H and O–H groups in total. The molecule has 0 saturated carbocycles. The predicted molar refractivity (Wildman–Crippen MR) is 55.7 cm³/mol. The van der Waals surface area contributed by atoms with Crippen molar-refractivity contribution in [2.24, 2.45) is 0 Å². The summed E-state index contributed by atoms with van der Waals surface area (Å²) in [6.07, 6.45) is 1.63. The molecule has 2 aromatic rings. The Kier molecular flexibility index (Phi) is 2.04. The number of hydrogen-bond donors (Lipinski definition) is 1. The molecule has 1 heterocycles. The third kappa shape index (κ3) is 1.30. The van der Waals surface area contributed by atoms with E-state index in [1.807, 2.05) is 6.92 Å². The Morgan fingerprint density at radius 2 is 2.00 bits per heavy atom. The van der Waals surface area contributed by atoms with E-state index in [2.05, 4.69) is 9.97 Å². The van der Waals surface area contributed by atoms with E-state index in [9.17, 15) is 5.11 Å². The van der Waals surface area contributed by atoms with E-state index >= 15 is 0 Å². The monoisotopic (exact) mass is 208 g/mol. The van der Waals surface area contributed by atoms with Gasteiger partial charge in [-0.15, -0.1) is 0 Å². The molecule has 0 bridgehead atoms. The van der Waals surface area contributed by atoms with Crippen molar-refractivity contribution in [1.29, 1.82) is 0 Å². The normalized spacial score (nSPS) is 10.8.